The molecule has 2 N–H and O–H groups in total. The smallest absolute Gasteiger partial charge is 0.193 e. The van der Waals surface area contributed by atoms with Gasteiger partial charge >= 0.3 is 0 Å². The zero-order valence-electron chi connectivity index (χ0n) is 12.1. The van der Waals surface area contributed by atoms with Gasteiger partial charge in [0.2, 0.25) is 0 Å². The van der Waals surface area contributed by atoms with Gasteiger partial charge in [0.05, 0.1) is 6.04 Å². The van der Waals surface area contributed by atoms with Crippen molar-refractivity contribution in [3.05, 3.63) is 58.5 Å². The van der Waals surface area contributed by atoms with Crippen LogP contribution in [0.3, 0.4) is 0 Å². The minimum atomic E-state index is -0.622. The van der Waals surface area contributed by atoms with E-state index in [2.05, 4.69) is 15.8 Å². The first-order valence-electron chi connectivity index (χ1n) is 6.39. The first-order chi connectivity index (χ1) is 9.40. The van der Waals surface area contributed by atoms with Gasteiger partial charge in [0.25, 0.3) is 0 Å². The SMILES string of the molecule is C=C1C(=O)C(P)=C(C(N)C(/C=C\C)=C/C)C(=O)/C1=C/C. The molecular formula is C16H20NO2P. The van der Waals surface area contributed by atoms with Crippen molar-refractivity contribution in [3.8, 4) is 0 Å². The molecule has 3 nitrogen and oxygen atoms in total. The van der Waals surface area contributed by atoms with Crippen molar-refractivity contribution in [2.45, 2.75) is 26.8 Å². The van der Waals surface area contributed by atoms with E-state index in [4.69, 9.17) is 5.73 Å². The number of ketones is 2. The molecule has 0 aromatic rings. The van der Waals surface area contributed by atoms with E-state index in [0.717, 1.165) is 5.57 Å². The van der Waals surface area contributed by atoms with Gasteiger partial charge < -0.3 is 5.73 Å². The molecule has 1 rings (SSSR count). The Bertz CT molecular complexity index is 592. The number of carbonyl (C=O) groups is 2. The first kappa shape index (κ1) is 16.5. The number of rotatable bonds is 3. The highest BCUT2D eigenvalue weighted by Crippen LogP contribution is 2.33. The molecular weight excluding hydrogens is 269 g/mol. The maximum atomic E-state index is 12.5. The molecule has 0 fully saturated rings. The molecule has 0 aromatic carbocycles. The predicted octanol–water partition coefficient (Wildman–Crippen LogP) is 2.62. The van der Waals surface area contributed by atoms with Crippen LogP contribution in [0.1, 0.15) is 20.8 Å². The third kappa shape index (κ3) is 2.79. The Hall–Kier alpha value is -1.57. The number of allylic oxidation sites excluding steroid dienone is 6. The van der Waals surface area contributed by atoms with Crippen LogP contribution in [0, 0.1) is 0 Å². The Balaban J connectivity index is 3.45. The number of hydrogen-bond acceptors (Lipinski definition) is 3. The van der Waals surface area contributed by atoms with E-state index in [9.17, 15) is 9.59 Å². The molecule has 0 heterocycles. The highest BCUT2D eigenvalue weighted by atomic mass is 31.0. The van der Waals surface area contributed by atoms with Gasteiger partial charge in [0, 0.05) is 22.0 Å². The summed E-state index contributed by atoms with van der Waals surface area (Å²) in [7, 11) is 2.33. The standard InChI is InChI=1S/C16H20NO2P/c1-5-8-10(6-2)13(17)12-15(19)11(7-3)9(4)14(18)16(12)20/h5-8,13H,4,17,20H2,1-3H3/b8-5-,10-6+,11-7+. The summed E-state index contributed by atoms with van der Waals surface area (Å²) in [5.41, 5.74) is 7.86. The van der Waals surface area contributed by atoms with Gasteiger partial charge in [-0.05, 0) is 26.3 Å². The summed E-state index contributed by atoms with van der Waals surface area (Å²) in [4.78, 5) is 24.7. The molecule has 0 amide bonds. The van der Waals surface area contributed by atoms with Crippen molar-refractivity contribution in [2.75, 3.05) is 0 Å². The van der Waals surface area contributed by atoms with Gasteiger partial charge in [-0.3, -0.25) is 9.59 Å². The van der Waals surface area contributed by atoms with Crippen LogP contribution in [0.5, 0.6) is 0 Å². The number of Topliss-reactive ketones (excluding diaryl/α,β-unsaturated/α-hetero) is 2. The summed E-state index contributed by atoms with van der Waals surface area (Å²) in [6.45, 7) is 9.13. The minimum Gasteiger partial charge on any atom is -0.320 e. The molecule has 20 heavy (non-hydrogen) atoms. The molecule has 1 aliphatic carbocycles. The van der Waals surface area contributed by atoms with Crippen LogP contribution in [0.15, 0.2) is 58.5 Å². The Morgan fingerprint density at radius 1 is 1.25 bits per heavy atom. The molecule has 0 saturated carbocycles. The normalized spacial score (nSPS) is 21.4. The summed E-state index contributed by atoms with van der Waals surface area (Å²) in [5.74, 6) is -0.470. The molecule has 2 unspecified atom stereocenters. The molecule has 4 heteroatoms. The van der Waals surface area contributed by atoms with E-state index < -0.39 is 6.04 Å². The Morgan fingerprint density at radius 3 is 2.30 bits per heavy atom. The summed E-state index contributed by atoms with van der Waals surface area (Å²) in [6, 6.07) is -0.622. The Labute approximate surface area is 122 Å². The maximum Gasteiger partial charge on any atom is 0.193 e. The highest BCUT2D eigenvalue weighted by Gasteiger charge is 2.34. The van der Waals surface area contributed by atoms with Crippen molar-refractivity contribution in [1.29, 1.82) is 0 Å². The molecule has 0 saturated heterocycles. The van der Waals surface area contributed by atoms with Crippen LogP contribution >= 0.6 is 9.24 Å². The summed E-state index contributed by atoms with van der Waals surface area (Å²) < 4.78 is 0. The second-order valence-electron chi connectivity index (χ2n) is 4.43. The quantitative estimate of drug-likeness (QED) is 0.493. The van der Waals surface area contributed by atoms with Crippen molar-refractivity contribution in [3.63, 3.8) is 0 Å². The summed E-state index contributed by atoms with van der Waals surface area (Å²) in [6.07, 6.45) is 7.14. The van der Waals surface area contributed by atoms with Crippen molar-refractivity contribution < 1.29 is 9.59 Å². The minimum absolute atomic E-state index is 0.224. The molecule has 2 atom stereocenters. The van der Waals surface area contributed by atoms with Crippen LogP contribution in [0.2, 0.25) is 0 Å². The highest BCUT2D eigenvalue weighted by molar-refractivity contribution is 7.25. The van der Waals surface area contributed by atoms with E-state index in [1.165, 1.54) is 0 Å². The number of nitrogens with two attached hydrogens (primary N) is 1. The zero-order valence-corrected chi connectivity index (χ0v) is 13.2. The van der Waals surface area contributed by atoms with E-state index >= 15 is 0 Å². The third-order valence-corrected chi connectivity index (χ3v) is 3.85. The first-order valence-corrected chi connectivity index (χ1v) is 6.97. The average Bonchev–Trinajstić information content (AvgIpc) is 2.43. The van der Waals surface area contributed by atoms with E-state index in [-0.39, 0.29) is 17.1 Å². The van der Waals surface area contributed by atoms with Crippen molar-refractivity contribution in [2.24, 2.45) is 5.73 Å². The van der Waals surface area contributed by atoms with E-state index in [0.29, 0.717) is 16.5 Å². The van der Waals surface area contributed by atoms with Gasteiger partial charge in [-0.15, -0.1) is 9.24 Å². The lowest BCUT2D eigenvalue weighted by molar-refractivity contribution is -0.116. The van der Waals surface area contributed by atoms with Crippen LogP contribution in [0.4, 0.5) is 0 Å². The Kier molecular flexibility index (Phi) is 5.55. The monoisotopic (exact) mass is 289 g/mol. The lowest BCUT2D eigenvalue weighted by Crippen LogP contribution is -2.35. The fourth-order valence-corrected chi connectivity index (χ4v) is 2.65. The zero-order chi connectivity index (χ0) is 15.4. The van der Waals surface area contributed by atoms with Gasteiger partial charge in [-0.2, -0.15) is 0 Å². The van der Waals surface area contributed by atoms with Crippen LogP contribution < -0.4 is 5.73 Å². The summed E-state index contributed by atoms with van der Waals surface area (Å²) >= 11 is 0. The fourth-order valence-electron chi connectivity index (χ4n) is 2.16. The van der Waals surface area contributed by atoms with Crippen molar-refractivity contribution in [1.82, 2.24) is 0 Å². The largest absolute Gasteiger partial charge is 0.320 e. The molecule has 1 aliphatic rings. The van der Waals surface area contributed by atoms with Gasteiger partial charge in [0.1, 0.15) is 0 Å². The Morgan fingerprint density at radius 2 is 1.85 bits per heavy atom. The van der Waals surface area contributed by atoms with Crippen molar-refractivity contribution >= 4 is 20.8 Å². The lowest BCUT2D eigenvalue weighted by atomic mass is 9.82. The van der Waals surface area contributed by atoms with Crippen LogP contribution in [0.25, 0.3) is 0 Å². The molecule has 0 bridgehead atoms. The maximum absolute atomic E-state index is 12.5. The topological polar surface area (TPSA) is 60.2 Å². The van der Waals surface area contributed by atoms with Crippen LogP contribution in [-0.4, -0.2) is 17.6 Å². The predicted molar refractivity (Wildman–Crippen MR) is 86.2 cm³/mol. The fraction of sp³-hybridized carbons (Fsp3) is 0.250. The van der Waals surface area contributed by atoms with Gasteiger partial charge in [-0.25, -0.2) is 0 Å². The molecule has 0 aliphatic heterocycles. The van der Waals surface area contributed by atoms with E-state index in [1.54, 1.807) is 13.0 Å². The van der Waals surface area contributed by atoms with Crippen LogP contribution in [-0.2, 0) is 9.59 Å². The third-order valence-electron chi connectivity index (χ3n) is 3.27. The molecule has 0 aromatic heterocycles. The molecule has 106 valence electrons. The molecule has 0 radical (unpaired) electrons. The second kappa shape index (κ2) is 6.74. The second-order valence-corrected chi connectivity index (χ2v) is 5.01. The van der Waals surface area contributed by atoms with Gasteiger partial charge in [-0.1, -0.05) is 30.9 Å². The average molecular weight is 289 g/mol. The molecule has 0 spiro atoms. The van der Waals surface area contributed by atoms with Gasteiger partial charge in [0.15, 0.2) is 11.6 Å². The summed E-state index contributed by atoms with van der Waals surface area (Å²) in [5, 5.41) is 0.307. The lowest BCUT2D eigenvalue weighted by Gasteiger charge is -2.25. The van der Waals surface area contributed by atoms with E-state index in [1.807, 2.05) is 32.1 Å². The number of carbonyl (C=O) groups excluding carboxylic acids is 2. The number of hydrogen-bond donors (Lipinski definition) is 1.